The number of para-hydroxylation sites is 1. The van der Waals surface area contributed by atoms with E-state index in [4.69, 9.17) is 0 Å². The molecule has 0 saturated heterocycles. The van der Waals surface area contributed by atoms with Crippen molar-refractivity contribution in [2.24, 2.45) is 5.92 Å². The van der Waals surface area contributed by atoms with Crippen molar-refractivity contribution in [2.45, 2.75) is 20.3 Å². The summed E-state index contributed by atoms with van der Waals surface area (Å²) in [6, 6.07) is 17.8. The first kappa shape index (κ1) is 19.0. The van der Waals surface area contributed by atoms with E-state index in [1.807, 2.05) is 56.6 Å². The molecule has 4 heteroatoms. The summed E-state index contributed by atoms with van der Waals surface area (Å²) in [5.74, 6) is 0.590. The highest BCUT2D eigenvalue weighted by Gasteiger charge is 2.16. The first-order valence-corrected chi connectivity index (χ1v) is 8.83. The van der Waals surface area contributed by atoms with Crippen molar-refractivity contribution < 1.29 is 4.79 Å². The normalized spacial score (nSPS) is 11.0. The van der Waals surface area contributed by atoms with E-state index in [0.717, 1.165) is 24.3 Å². The number of benzene rings is 2. The lowest BCUT2D eigenvalue weighted by Crippen LogP contribution is -2.39. The summed E-state index contributed by atoms with van der Waals surface area (Å²) in [7, 11) is 4.02. The van der Waals surface area contributed by atoms with Crippen LogP contribution in [0, 0.1) is 5.92 Å². The number of nitrogens with one attached hydrogen (secondary N) is 1. The van der Waals surface area contributed by atoms with Gasteiger partial charge in [-0.05, 0) is 56.3 Å². The molecular formula is C21H29N3O. The quantitative estimate of drug-likeness (QED) is 0.807. The third kappa shape index (κ3) is 6.24. The average Bonchev–Trinajstić information content (AvgIpc) is 2.55. The fourth-order valence-corrected chi connectivity index (χ4v) is 2.69. The van der Waals surface area contributed by atoms with Gasteiger partial charge in [-0.15, -0.1) is 0 Å². The zero-order valence-electron chi connectivity index (χ0n) is 15.7. The lowest BCUT2D eigenvalue weighted by atomic mass is 10.0. The molecule has 0 heterocycles. The summed E-state index contributed by atoms with van der Waals surface area (Å²) in [6.45, 7) is 5.83. The molecule has 0 atom stereocenters. The minimum absolute atomic E-state index is 0.102. The highest BCUT2D eigenvalue weighted by Crippen LogP contribution is 2.18. The SMILES string of the molecule is CC(C)Cc1cccc(NC(=O)N(CCN(C)C)c2ccccc2)c1. The van der Waals surface area contributed by atoms with Crippen molar-refractivity contribution in [3.8, 4) is 0 Å². The summed E-state index contributed by atoms with van der Waals surface area (Å²) < 4.78 is 0. The van der Waals surface area contributed by atoms with Gasteiger partial charge in [-0.25, -0.2) is 4.79 Å². The van der Waals surface area contributed by atoms with Gasteiger partial charge in [0.05, 0.1) is 0 Å². The molecule has 4 nitrogen and oxygen atoms in total. The van der Waals surface area contributed by atoms with Crippen LogP contribution < -0.4 is 10.2 Å². The molecule has 1 N–H and O–H groups in total. The Labute approximate surface area is 151 Å². The minimum Gasteiger partial charge on any atom is -0.308 e. The smallest absolute Gasteiger partial charge is 0.308 e. The number of urea groups is 1. The fourth-order valence-electron chi connectivity index (χ4n) is 2.69. The van der Waals surface area contributed by atoms with Crippen molar-refractivity contribution >= 4 is 17.4 Å². The topological polar surface area (TPSA) is 35.6 Å². The first-order chi connectivity index (χ1) is 12.0. The maximum Gasteiger partial charge on any atom is 0.326 e. The van der Waals surface area contributed by atoms with E-state index >= 15 is 0 Å². The Bertz CT molecular complexity index is 668. The number of hydrogen-bond donors (Lipinski definition) is 1. The second-order valence-corrected chi connectivity index (χ2v) is 7.02. The summed E-state index contributed by atoms with van der Waals surface area (Å²) in [6.07, 6.45) is 1.01. The van der Waals surface area contributed by atoms with Gasteiger partial charge in [0.15, 0.2) is 0 Å². The van der Waals surface area contributed by atoms with Crippen LogP contribution in [0.4, 0.5) is 16.2 Å². The minimum atomic E-state index is -0.102. The zero-order valence-corrected chi connectivity index (χ0v) is 15.7. The molecule has 134 valence electrons. The first-order valence-electron chi connectivity index (χ1n) is 8.83. The molecule has 2 aromatic carbocycles. The molecule has 2 aromatic rings. The van der Waals surface area contributed by atoms with Gasteiger partial charge < -0.3 is 10.2 Å². The molecule has 0 fully saturated rings. The Balaban J connectivity index is 2.13. The molecule has 2 rings (SSSR count). The van der Waals surface area contributed by atoms with Crippen LogP contribution in [0.25, 0.3) is 0 Å². The predicted molar refractivity (Wildman–Crippen MR) is 106 cm³/mol. The molecule has 0 aliphatic carbocycles. The molecule has 0 aromatic heterocycles. The molecule has 0 aliphatic rings. The predicted octanol–water partition coefficient (Wildman–Crippen LogP) is 4.49. The van der Waals surface area contributed by atoms with Gasteiger partial charge in [-0.1, -0.05) is 44.2 Å². The average molecular weight is 339 g/mol. The van der Waals surface area contributed by atoms with Crippen LogP contribution in [0.15, 0.2) is 54.6 Å². The number of amides is 2. The number of anilines is 2. The summed E-state index contributed by atoms with van der Waals surface area (Å²) in [4.78, 5) is 16.7. The third-order valence-electron chi connectivity index (χ3n) is 3.91. The van der Waals surface area contributed by atoms with E-state index in [0.29, 0.717) is 12.5 Å². The van der Waals surface area contributed by atoms with Crippen molar-refractivity contribution in [1.82, 2.24) is 4.90 Å². The van der Waals surface area contributed by atoms with Gasteiger partial charge >= 0.3 is 6.03 Å². The van der Waals surface area contributed by atoms with E-state index in [1.165, 1.54) is 5.56 Å². The van der Waals surface area contributed by atoms with Gasteiger partial charge in [0, 0.05) is 24.5 Å². The summed E-state index contributed by atoms with van der Waals surface area (Å²) in [5, 5.41) is 3.05. The summed E-state index contributed by atoms with van der Waals surface area (Å²) in [5.41, 5.74) is 2.99. The molecule has 0 spiro atoms. The van der Waals surface area contributed by atoms with Crippen LogP contribution in [-0.4, -0.2) is 38.1 Å². The summed E-state index contributed by atoms with van der Waals surface area (Å²) >= 11 is 0. The van der Waals surface area contributed by atoms with E-state index in [2.05, 4.69) is 36.2 Å². The zero-order chi connectivity index (χ0) is 18.2. The van der Waals surface area contributed by atoms with Gasteiger partial charge in [0.1, 0.15) is 0 Å². The molecule has 0 aliphatic heterocycles. The van der Waals surface area contributed by atoms with E-state index in [9.17, 15) is 4.79 Å². The largest absolute Gasteiger partial charge is 0.326 e. The van der Waals surface area contributed by atoms with Gasteiger partial charge in [0.2, 0.25) is 0 Å². The van der Waals surface area contributed by atoms with E-state index in [-0.39, 0.29) is 6.03 Å². The lowest BCUT2D eigenvalue weighted by molar-refractivity contribution is 0.256. The maximum atomic E-state index is 12.9. The second-order valence-electron chi connectivity index (χ2n) is 7.02. The molecule has 0 radical (unpaired) electrons. The molecule has 2 amide bonds. The number of carbonyl (C=O) groups excluding carboxylic acids is 1. The standard InChI is InChI=1S/C21H29N3O/c1-17(2)15-18-9-8-10-19(16-18)22-21(25)24(14-13-23(3)4)20-11-6-5-7-12-20/h5-12,16-17H,13-15H2,1-4H3,(H,22,25). The Hall–Kier alpha value is -2.33. The van der Waals surface area contributed by atoms with E-state index in [1.54, 1.807) is 4.90 Å². The van der Waals surface area contributed by atoms with Crippen molar-refractivity contribution in [3.63, 3.8) is 0 Å². The van der Waals surface area contributed by atoms with Gasteiger partial charge in [-0.2, -0.15) is 0 Å². The van der Waals surface area contributed by atoms with Crippen molar-refractivity contribution in [2.75, 3.05) is 37.4 Å². The van der Waals surface area contributed by atoms with Crippen LogP contribution in [-0.2, 0) is 6.42 Å². The van der Waals surface area contributed by atoms with Crippen LogP contribution in [0.5, 0.6) is 0 Å². The monoisotopic (exact) mass is 339 g/mol. The number of carbonyl (C=O) groups is 1. The molecule has 25 heavy (non-hydrogen) atoms. The number of nitrogens with zero attached hydrogens (tertiary/aromatic N) is 2. The molecule has 0 saturated carbocycles. The van der Waals surface area contributed by atoms with Crippen LogP contribution in [0.1, 0.15) is 19.4 Å². The lowest BCUT2D eigenvalue weighted by Gasteiger charge is -2.25. The molecule has 0 unspecified atom stereocenters. The highest BCUT2D eigenvalue weighted by molar-refractivity contribution is 6.01. The van der Waals surface area contributed by atoms with Crippen LogP contribution in [0.3, 0.4) is 0 Å². The maximum absolute atomic E-state index is 12.9. The van der Waals surface area contributed by atoms with Crippen molar-refractivity contribution in [3.05, 3.63) is 60.2 Å². The molecular weight excluding hydrogens is 310 g/mol. The number of hydrogen-bond acceptors (Lipinski definition) is 2. The van der Waals surface area contributed by atoms with Gasteiger partial charge in [-0.3, -0.25) is 4.90 Å². The van der Waals surface area contributed by atoms with E-state index < -0.39 is 0 Å². The Morgan fingerprint density at radius 2 is 1.72 bits per heavy atom. The number of likely N-dealkylation sites (N-methyl/N-ethyl adjacent to an activating group) is 1. The Morgan fingerprint density at radius 1 is 1.00 bits per heavy atom. The fraction of sp³-hybridized carbons (Fsp3) is 0.381. The van der Waals surface area contributed by atoms with Crippen LogP contribution >= 0.6 is 0 Å². The van der Waals surface area contributed by atoms with Crippen molar-refractivity contribution in [1.29, 1.82) is 0 Å². The molecule has 0 bridgehead atoms. The third-order valence-corrected chi connectivity index (χ3v) is 3.91. The van der Waals surface area contributed by atoms with Gasteiger partial charge in [0.25, 0.3) is 0 Å². The highest BCUT2D eigenvalue weighted by atomic mass is 16.2. The second kappa shape index (κ2) is 9.23. The Kier molecular flexibility index (Phi) is 7.02. The van der Waals surface area contributed by atoms with Crippen LogP contribution in [0.2, 0.25) is 0 Å². The Morgan fingerprint density at radius 3 is 2.36 bits per heavy atom. The number of rotatable bonds is 7.